The van der Waals surface area contributed by atoms with E-state index < -0.39 is 0 Å². The number of hydrogen-bond donors (Lipinski definition) is 0. The number of hydrogen-bond acceptors (Lipinski definition) is 2. The molecule has 24 heavy (non-hydrogen) atoms. The van der Waals surface area contributed by atoms with Crippen LogP contribution in [0, 0.1) is 0 Å². The van der Waals surface area contributed by atoms with Crippen molar-refractivity contribution in [1.29, 1.82) is 0 Å². The Morgan fingerprint density at radius 3 is 1.38 bits per heavy atom. The second-order valence-electron chi connectivity index (χ2n) is 7.44. The van der Waals surface area contributed by atoms with E-state index in [1.54, 1.807) is 0 Å². The van der Waals surface area contributed by atoms with E-state index in [1.807, 2.05) is 13.8 Å². The summed E-state index contributed by atoms with van der Waals surface area (Å²) in [5, 5.41) is 0. The van der Waals surface area contributed by atoms with Gasteiger partial charge in [-0.1, -0.05) is 70.8 Å². The molecule has 1 aliphatic heterocycles. The van der Waals surface area contributed by atoms with Crippen molar-refractivity contribution in [1.82, 2.24) is 0 Å². The summed E-state index contributed by atoms with van der Waals surface area (Å²) in [5.41, 5.74) is 1.17. The summed E-state index contributed by atoms with van der Waals surface area (Å²) in [6.07, 6.45) is 15.3. The van der Waals surface area contributed by atoms with E-state index in [9.17, 15) is 4.79 Å². The van der Waals surface area contributed by atoms with Gasteiger partial charge < -0.3 is 0 Å². The first kappa shape index (κ1) is 23.2. The molecule has 0 aromatic heterocycles. The number of nitrogens with zero attached hydrogens (tertiary/aromatic N) is 1. The molecule has 1 saturated heterocycles. The lowest BCUT2D eigenvalue weighted by Gasteiger charge is -2.08. The summed E-state index contributed by atoms with van der Waals surface area (Å²) >= 11 is 0. The molecule has 1 heterocycles. The highest BCUT2D eigenvalue weighted by atomic mass is 16.9. The van der Waals surface area contributed by atoms with Gasteiger partial charge >= 0.3 is 6.09 Å². The highest BCUT2D eigenvalue weighted by Crippen LogP contribution is 2.29. The smallest absolute Gasteiger partial charge is 0.201 e. The molecular weight excluding hydrogens is 298 g/mol. The Morgan fingerprint density at radius 1 is 0.792 bits per heavy atom. The molecule has 1 rings (SSSR count). The molecule has 1 aliphatic rings. The van der Waals surface area contributed by atoms with Crippen LogP contribution in [0.2, 0.25) is 0 Å². The average Bonchev–Trinajstić information content (AvgIpc) is 3.16. The highest BCUT2D eigenvalue weighted by molar-refractivity contribution is 5.66. The molecule has 0 saturated carbocycles. The Hall–Kier alpha value is -0.830. The SMILES string of the molecule is C=C(C)C.CCCCCCCC[N+]1(CCCCCCCC)OC1=O. The largest absolute Gasteiger partial charge is 0.609 e. The van der Waals surface area contributed by atoms with Crippen molar-refractivity contribution < 1.29 is 14.3 Å². The Kier molecular flexibility index (Phi) is 14.0. The second-order valence-corrected chi connectivity index (χ2v) is 7.44. The van der Waals surface area contributed by atoms with Crippen LogP contribution >= 0.6 is 0 Å². The van der Waals surface area contributed by atoms with Gasteiger partial charge in [0, 0.05) is 12.8 Å². The molecule has 0 unspecified atom stereocenters. The van der Waals surface area contributed by atoms with E-state index >= 15 is 0 Å². The van der Waals surface area contributed by atoms with E-state index in [4.69, 9.17) is 4.84 Å². The summed E-state index contributed by atoms with van der Waals surface area (Å²) in [6, 6.07) is 0. The number of unbranched alkanes of at least 4 members (excludes halogenated alkanes) is 10. The summed E-state index contributed by atoms with van der Waals surface area (Å²) in [4.78, 5) is 16.7. The maximum Gasteiger partial charge on any atom is 0.609 e. The van der Waals surface area contributed by atoms with Crippen molar-refractivity contribution in [2.75, 3.05) is 13.1 Å². The van der Waals surface area contributed by atoms with Crippen LogP contribution in [-0.2, 0) is 4.84 Å². The summed E-state index contributed by atoms with van der Waals surface area (Å²) in [7, 11) is 0. The maximum absolute atomic E-state index is 11.5. The Balaban J connectivity index is 0.00000118. The number of quaternary nitrogens is 1. The molecule has 0 N–H and O–H groups in total. The molecule has 3 nitrogen and oxygen atoms in total. The van der Waals surface area contributed by atoms with Gasteiger partial charge in [0.25, 0.3) is 0 Å². The molecule has 3 heteroatoms. The fraction of sp³-hybridized carbons (Fsp3) is 0.857. The van der Waals surface area contributed by atoms with Crippen LogP contribution in [0.25, 0.3) is 0 Å². The van der Waals surface area contributed by atoms with Crippen LogP contribution in [0.3, 0.4) is 0 Å². The monoisotopic (exact) mass is 340 g/mol. The van der Waals surface area contributed by atoms with Crippen molar-refractivity contribution in [3.05, 3.63) is 12.2 Å². The number of hydroxylamine groups is 3. The normalized spacial score (nSPS) is 14.6. The van der Waals surface area contributed by atoms with Gasteiger partial charge in [-0.2, -0.15) is 4.79 Å². The van der Waals surface area contributed by atoms with Crippen molar-refractivity contribution in [2.24, 2.45) is 0 Å². The van der Waals surface area contributed by atoms with Gasteiger partial charge in [0.05, 0.1) is 0 Å². The lowest BCUT2D eigenvalue weighted by Crippen LogP contribution is -2.29. The quantitative estimate of drug-likeness (QED) is 0.145. The molecule has 1 amide bonds. The fourth-order valence-electron chi connectivity index (χ4n) is 2.81. The van der Waals surface area contributed by atoms with Crippen LogP contribution in [0.5, 0.6) is 0 Å². The highest BCUT2D eigenvalue weighted by Gasteiger charge is 2.60. The summed E-state index contributed by atoms with van der Waals surface area (Å²) < 4.78 is 0.335. The van der Waals surface area contributed by atoms with Crippen molar-refractivity contribution in [2.45, 2.75) is 105 Å². The molecule has 0 aromatic carbocycles. The van der Waals surface area contributed by atoms with Gasteiger partial charge in [0.2, 0.25) is 0 Å². The zero-order valence-electron chi connectivity index (χ0n) is 16.9. The molecule has 0 bridgehead atoms. The minimum atomic E-state index is 0.00659. The van der Waals surface area contributed by atoms with Crippen molar-refractivity contribution in [3.8, 4) is 0 Å². The lowest BCUT2D eigenvalue weighted by atomic mass is 10.1. The Labute approximate surface area is 151 Å². The molecule has 0 spiro atoms. The number of carbonyl (C=O) groups is 1. The van der Waals surface area contributed by atoms with E-state index in [0.29, 0.717) is 4.65 Å². The average molecular weight is 341 g/mol. The van der Waals surface area contributed by atoms with E-state index in [1.165, 1.54) is 69.8 Å². The number of allylic oxidation sites excluding steroid dienone is 1. The van der Waals surface area contributed by atoms with Gasteiger partial charge in [-0.25, -0.2) is 4.84 Å². The van der Waals surface area contributed by atoms with E-state index in [-0.39, 0.29) is 6.09 Å². The third-order valence-electron chi connectivity index (χ3n) is 4.30. The predicted octanol–water partition coefficient (Wildman–Crippen LogP) is 7.17. The first-order valence-corrected chi connectivity index (χ1v) is 10.2. The third kappa shape index (κ3) is 12.6. The molecule has 0 aliphatic carbocycles. The molecule has 0 atom stereocenters. The van der Waals surface area contributed by atoms with Crippen LogP contribution in [0.1, 0.15) is 105 Å². The first-order chi connectivity index (χ1) is 11.5. The minimum absolute atomic E-state index is 0.00659. The van der Waals surface area contributed by atoms with Crippen LogP contribution in [-0.4, -0.2) is 23.8 Å². The predicted molar refractivity (Wildman–Crippen MR) is 104 cm³/mol. The zero-order valence-corrected chi connectivity index (χ0v) is 16.9. The minimum Gasteiger partial charge on any atom is -0.201 e. The van der Waals surface area contributed by atoms with E-state index in [0.717, 1.165) is 25.9 Å². The summed E-state index contributed by atoms with van der Waals surface area (Å²) in [6.45, 7) is 13.8. The van der Waals surface area contributed by atoms with Gasteiger partial charge in [-0.05, 0) is 31.3 Å². The van der Waals surface area contributed by atoms with Crippen LogP contribution in [0.15, 0.2) is 12.2 Å². The Bertz CT molecular complexity index is 319. The second kappa shape index (κ2) is 14.5. The van der Waals surface area contributed by atoms with Gasteiger partial charge in [-0.3, -0.25) is 0 Å². The molecule has 0 aromatic rings. The first-order valence-electron chi connectivity index (χ1n) is 10.2. The van der Waals surface area contributed by atoms with E-state index in [2.05, 4.69) is 20.4 Å². The lowest BCUT2D eigenvalue weighted by molar-refractivity contribution is -0.895. The topological polar surface area (TPSA) is 29.6 Å². The van der Waals surface area contributed by atoms with Gasteiger partial charge in [-0.15, -0.1) is 6.58 Å². The number of amides is 1. The van der Waals surface area contributed by atoms with Crippen LogP contribution in [0.4, 0.5) is 4.79 Å². The van der Waals surface area contributed by atoms with Crippen molar-refractivity contribution in [3.63, 3.8) is 0 Å². The number of carbonyl (C=O) groups excluding carboxylic acids is 1. The molecular formula is C21H42NO2+. The molecule has 0 radical (unpaired) electrons. The van der Waals surface area contributed by atoms with Crippen LogP contribution < -0.4 is 0 Å². The van der Waals surface area contributed by atoms with Gasteiger partial charge in [0.15, 0.2) is 0 Å². The molecule has 1 fully saturated rings. The standard InChI is InChI=1S/C17H34NO2.C4H8/c1-3-5-7-9-11-13-15-18(17(19)20-18)16-14-12-10-8-6-4-2;1-4(2)3/h3-16H2,1-2H3;1H2,2-3H3/q+1;. The van der Waals surface area contributed by atoms with Gasteiger partial charge in [0.1, 0.15) is 13.1 Å². The maximum atomic E-state index is 11.5. The number of rotatable bonds is 14. The van der Waals surface area contributed by atoms with Crippen molar-refractivity contribution >= 4 is 6.09 Å². The molecule has 142 valence electrons. The fourth-order valence-corrected chi connectivity index (χ4v) is 2.81. The zero-order chi connectivity index (χ0) is 18.3. The summed E-state index contributed by atoms with van der Waals surface area (Å²) in [5.74, 6) is 0. The third-order valence-corrected chi connectivity index (χ3v) is 4.30. The Morgan fingerprint density at radius 2 is 1.08 bits per heavy atom.